The SMILES string of the molecule is C=CC(=C/C)/C(C(/C)=N/C=C/CC)=C(/C)N1CCN(C(=O)OC(C)(C)C)C(C)C1.CC.CC/C=C/C=C(\C=C(/C)CCC)C(F)(F)F. The van der Waals surface area contributed by atoms with Crippen LogP contribution in [0.15, 0.2) is 88.3 Å². The number of allylic oxidation sites excluding steroid dienone is 12. The van der Waals surface area contributed by atoms with Gasteiger partial charge in [0.1, 0.15) is 5.60 Å². The van der Waals surface area contributed by atoms with E-state index >= 15 is 0 Å². The van der Waals surface area contributed by atoms with E-state index in [1.54, 1.807) is 13.0 Å². The van der Waals surface area contributed by atoms with Crippen LogP contribution in [0.25, 0.3) is 0 Å². The van der Waals surface area contributed by atoms with Crippen LogP contribution in [0.1, 0.15) is 116 Å². The maximum Gasteiger partial charge on any atom is 0.416 e. The van der Waals surface area contributed by atoms with Crippen LogP contribution in [-0.4, -0.2) is 59.1 Å². The third kappa shape index (κ3) is 18.6. The van der Waals surface area contributed by atoms with E-state index in [1.807, 2.05) is 85.6 Å². The lowest BCUT2D eigenvalue weighted by Gasteiger charge is -2.42. The molecular formula is C39H64F3N3O2. The molecule has 1 amide bonds. The van der Waals surface area contributed by atoms with Crippen molar-refractivity contribution in [1.82, 2.24) is 9.80 Å². The lowest BCUT2D eigenvalue weighted by molar-refractivity contribution is -0.0882. The van der Waals surface area contributed by atoms with Crippen molar-refractivity contribution in [2.75, 3.05) is 19.6 Å². The summed E-state index contributed by atoms with van der Waals surface area (Å²) < 4.78 is 43.4. The molecule has 0 aromatic heterocycles. The van der Waals surface area contributed by atoms with Crippen LogP contribution in [0.2, 0.25) is 0 Å². The predicted molar refractivity (Wildman–Crippen MR) is 197 cm³/mol. The lowest BCUT2D eigenvalue weighted by atomic mass is 9.98. The lowest BCUT2D eigenvalue weighted by Crippen LogP contribution is -2.54. The fourth-order valence-electron chi connectivity index (χ4n) is 4.65. The summed E-state index contributed by atoms with van der Waals surface area (Å²) in [5, 5.41) is 0. The van der Waals surface area contributed by atoms with Crippen molar-refractivity contribution in [2.45, 2.75) is 134 Å². The second kappa shape index (κ2) is 23.9. The van der Waals surface area contributed by atoms with Gasteiger partial charge in [0.15, 0.2) is 0 Å². The minimum absolute atomic E-state index is 0.0600. The standard InChI is InChI=1S/C24H39N3O2.C13H19F3.C2H6/c1-10-13-14-25-19(5)22(21(11-2)12-3)20(6)26-15-16-27(18(4)17-26)23(28)29-24(7,8)9;1-4-6-7-9-12(13(14,15)16)10-11(3)8-5-2;1-2/h11-14,18H,2,10,15-17H2,1,3-9H3;6-7,9-10H,4-5,8H2,1-3H3;1-2H3/b14-13+,21-12-,22-20-,25-19+;7-6+,11-10+,12-9+;. The number of aliphatic imine (C=N–C) groups is 1. The number of hydrogen-bond donors (Lipinski definition) is 0. The van der Waals surface area contributed by atoms with Gasteiger partial charge in [-0.2, -0.15) is 13.2 Å². The summed E-state index contributed by atoms with van der Waals surface area (Å²) >= 11 is 0. The van der Waals surface area contributed by atoms with E-state index in [1.165, 1.54) is 12.2 Å². The Bertz CT molecular complexity index is 1160. The molecule has 1 unspecified atom stereocenters. The summed E-state index contributed by atoms with van der Waals surface area (Å²) in [5.74, 6) is 0. The summed E-state index contributed by atoms with van der Waals surface area (Å²) in [4.78, 5) is 21.3. The molecule has 0 aliphatic carbocycles. The second-order valence-corrected chi connectivity index (χ2v) is 12.1. The molecule has 1 atom stereocenters. The van der Waals surface area contributed by atoms with Gasteiger partial charge in [-0.3, -0.25) is 4.99 Å². The first kappa shape index (κ1) is 45.8. The fourth-order valence-corrected chi connectivity index (χ4v) is 4.65. The van der Waals surface area contributed by atoms with Crippen LogP contribution in [0.3, 0.4) is 0 Å². The normalized spacial score (nSPS) is 17.6. The average Bonchev–Trinajstić information content (AvgIpc) is 2.99. The Labute approximate surface area is 285 Å². The molecule has 1 aliphatic rings. The Kier molecular flexibility index (Phi) is 23.3. The number of piperazine rings is 1. The highest BCUT2D eigenvalue weighted by atomic mass is 19.4. The molecule has 1 rings (SSSR count). The molecule has 0 aromatic rings. The van der Waals surface area contributed by atoms with Gasteiger partial charge < -0.3 is 14.5 Å². The highest BCUT2D eigenvalue weighted by Crippen LogP contribution is 2.28. The van der Waals surface area contributed by atoms with Crippen molar-refractivity contribution in [2.24, 2.45) is 4.99 Å². The largest absolute Gasteiger partial charge is 0.444 e. The number of rotatable bonds is 11. The Balaban J connectivity index is 0. The summed E-state index contributed by atoms with van der Waals surface area (Å²) in [6, 6.07) is 0.0600. The molecule has 0 N–H and O–H groups in total. The van der Waals surface area contributed by atoms with Gasteiger partial charge in [-0.05, 0) is 80.2 Å². The molecular weight excluding hydrogens is 599 g/mol. The van der Waals surface area contributed by atoms with E-state index in [-0.39, 0.29) is 12.1 Å². The van der Waals surface area contributed by atoms with Crippen molar-refractivity contribution in [3.05, 3.63) is 83.3 Å². The van der Waals surface area contributed by atoms with Crippen LogP contribution in [0.4, 0.5) is 18.0 Å². The molecule has 0 spiro atoms. The van der Waals surface area contributed by atoms with Crippen molar-refractivity contribution in [3.63, 3.8) is 0 Å². The van der Waals surface area contributed by atoms with Gasteiger partial charge in [-0.1, -0.05) is 95.7 Å². The predicted octanol–water partition coefficient (Wildman–Crippen LogP) is 11.9. The van der Waals surface area contributed by atoms with Gasteiger partial charge in [0, 0.05) is 48.9 Å². The number of nitrogens with zero attached hydrogens (tertiary/aromatic N) is 3. The molecule has 47 heavy (non-hydrogen) atoms. The molecule has 5 nitrogen and oxygen atoms in total. The van der Waals surface area contributed by atoms with Gasteiger partial charge in [-0.15, -0.1) is 0 Å². The maximum absolute atomic E-state index is 12.6. The molecule has 1 heterocycles. The third-order valence-corrected chi connectivity index (χ3v) is 6.90. The Hall–Kier alpha value is -3.29. The zero-order valence-electron chi connectivity index (χ0n) is 31.6. The van der Waals surface area contributed by atoms with Gasteiger partial charge in [0.25, 0.3) is 0 Å². The molecule has 8 heteroatoms. The summed E-state index contributed by atoms with van der Waals surface area (Å²) in [7, 11) is 0. The number of carbonyl (C=O) groups excluding carboxylic acids is 1. The number of hydrogen-bond acceptors (Lipinski definition) is 4. The van der Waals surface area contributed by atoms with Crippen LogP contribution >= 0.6 is 0 Å². The number of halogens is 3. The molecule has 0 radical (unpaired) electrons. The van der Waals surface area contributed by atoms with Gasteiger partial charge in [0.2, 0.25) is 0 Å². The quantitative estimate of drug-likeness (QED) is 0.163. The first-order valence-corrected chi connectivity index (χ1v) is 17.0. The highest BCUT2D eigenvalue weighted by Gasteiger charge is 2.32. The fraction of sp³-hybridized carbons (Fsp3) is 0.590. The molecule has 0 saturated carbocycles. The number of ether oxygens (including phenoxy) is 1. The molecule has 1 aliphatic heterocycles. The van der Waals surface area contributed by atoms with Crippen LogP contribution in [0, 0.1) is 0 Å². The van der Waals surface area contributed by atoms with E-state index < -0.39 is 17.4 Å². The van der Waals surface area contributed by atoms with E-state index in [9.17, 15) is 18.0 Å². The molecule has 0 bridgehead atoms. The summed E-state index contributed by atoms with van der Waals surface area (Å²) in [5.41, 5.74) is 3.97. The summed E-state index contributed by atoms with van der Waals surface area (Å²) in [6.07, 6.45) is 12.1. The maximum atomic E-state index is 12.6. The van der Waals surface area contributed by atoms with Gasteiger partial charge in [0.05, 0.1) is 5.57 Å². The van der Waals surface area contributed by atoms with Crippen LogP contribution < -0.4 is 0 Å². The molecule has 1 saturated heterocycles. The molecule has 268 valence electrons. The minimum atomic E-state index is -4.27. The van der Waals surface area contributed by atoms with E-state index in [2.05, 4.69) is 43.3 Å². The number of alkyl halides is 3. The average molecular weight is 664 g/mol. The topological polar surface area (TPSA) is 45.1 Å². The zero-order valence-corrected chi connectivity index (χ0v) is 31.6. The minimum Gasteiger partial charge on any atom is -0.444 e. The van der Waals surface area contributed by atoms with Crippen molar-refractivity contribution in [3.8, 4) is 0 Å². The Morgan fingerprint density at radius 1 is 1.02 bits per heavy atom. The Morgan fingerprint density at radius 3 is 2.06 bits per heavy atom. The third-order valence-electron chi connectivity index (χ3n) is 6.90. The van der Waals surface area contributed by atoms with Crippen LogP contribution in [0.5, 0.6) is 0 Å². The zero-order chi connectivity index (χ0) is 36.8. The highest BCUT2D eigenvalue weighted by molar-refractivity contribution is 6.03. The van der Waals surface area contributed by atoms with Crippen molar-refractivity contribution < 1.29 is 22.7 Å². The Morgan fingerprint density at radius 2 is 1.62 bits per heavy atom. The number of carbonyl (C=O) groups is 1. The monoisotopic (exact) mass is 663 g/mol. The van der Waals surface area contributed by atoms with Crippen molar-refractivity contribution in [1.29, 1.82) is 0 Å². The first-order chi connectivity index (χ1) is 22.0. The van der Waals surface area contributed by atoms with E-state index in [0.29, 0.717) is 13.0 Å². The van der Waals surface area contributed by atoms with Crippen molar-refractivity contribution >= 4 is 11.8 Å². The van der Waals surface area contributed by atoms with Crippen LogP contribution in [-0.2, 0) is 4.74 Å². The second-order valence-electron chi connectivity index (χ2n) is 12.1. The number of amides is 1. The van der Waals surface area contributed by atoms with Gasteiger partial charge in [-0.25, -0.2) is 4.79 Å². The van der Waals surface area contributed by atoms with E-state index in [4.69, 9.17) is 4.74 Å². The van der Waals surface area contributed by atoms with Gasteiger partial charge >= 0.3 is 12.3 Å². The molecule has 0 aromatic carbocycles. The first-order valence-electron chi connectivity index (χ1n) is 17.0. The smallest absolute Gasteiger partial charge is 0.416 e. The summed E-state index contributed by atoms with van der Waals surface area (Å²) in [6.45, 7) is 31.7. The van der Waals surface area contributed by atoms with E-state index in [0.717, 1.165) is 66.6 Å². The molecule has 1 fully saturated rings.